The van der Waals surface area contributed by atoms with Crippen molar-refractivity contribution in [1.82, 2.24) is 9.13 Å². The zero-order valence-electron chi connectivity index (χ0n) is 13.1. The van der Waals surface area contributed by atoms with E-state index < -0.39 is 23.8 Å². The Hall–Kier alpha value is -3.06. The Kier molecular flexibility index (Phi) is 4.33. The van der Waals surface area contributed by atoms with Crippen LogP contribution in [0.2, 0.25) is 5.02 Å². The van der Waals surface area contributed by atoms with Crippen LogP contribution >= 0.6 is 11.6 Å². The third-order valence-corrected chi connectivity index (χ3v) is 3.95. The summed E-state index contributed by atoms with van der Waals surface area (Å²) in [6.07, 6.45) is 0. The number of ether oxygens (including phenoxy) is 1. The van der Waals surface area contributed by atoms with Crippen LogP contribution in [0.1, 0.15) is 0 Å². The minimum atomic E-state index is -1.21. The number of hydrogen-bond acceptors (Lipinski definition) is 4. The van der Waals surface area contributed by atoms with Gasteiger partial charge in [0, 0.05) is 11.1 Å². The van der Waals surface area contributed by atoms with E-state index in [0.29, 0.717) is 10.8 Å². The molecule has 0 spiro atoms. The number of carbonyl (C=O) groups is 1. The predicted octanol–water partition coefficient (Wildman–Crippen LogP) is 1.90. The largest absolute Gasteiger partial charge is 0.497 e. The van der Waals surface area contributed by atoms with E-state index in [1.165, 1.54) is 31.4 Å². The molecule has 1 N–H and O–H groups in total. The monoisotopic (exact) mass is 360 g/mol. The molecule has 3 aromatic rings. The predicted molar refractivity (Wildman–Crippen MR) is 93.0 cm³/mol. The number of hydrogen-bond donors (Lipinski definition) is 1. The summed E-state index contributed by atoms with van der Waals surface area (Å²) in [5.41, 5.74) is -0.878. The van der Waals surface area contributed by atoms with Crippen LogP contribution in [0.5, 0.6) is 5.75 Å². The summed E-state index contributed by atoms with van der Waals surface area (Å²) in [4.78, 5) is 36.8. The molecule has 0 aliphatic rings. The van der Waals surface area contributed by atoms with Crippen molar-refractivity contribution in [2.75, 3.05) is 7.11 Å². The third kappa shape index (κ3) is 3.01. The van der Waals surface area contributed by atoms with Crippen LogP contribution in [-0.4, -0.2) is 27.3 Å². The number of rotatable bonds is 4. The Labute approximate surface area is 146 Å². The molecule has 8 heteroatoms. The molecule has 1 heterocycles. The van der Waals surface area contributed by atoms with Gasteiger partial charge in [0.05, 0.1) is 23.7 Å². The molecule has 0 atom stereocenters. The molecule has 7 nitrogen and oxygen atoms in total. The van der Waals surface area contributed by atoms with Crippen LogP contribution in [0.15, 0.2) is 52.1 Å². The first-order chi connectivity index (χ1) is 11.9. The van der Waals surface area contributed by atoms with E-state index in [2.05, 4.69) is 0 Å². The Bertz CT molecular complexity index is 1100. The smallest absolute Gasteiger partial charge is 0.336 e. The Morgan fingerprint density at radius 1 is 1.20 bits per heavy atom. The fraction of sp³-hybridized carbons (Fsp3) is 0.118. The van der Waals surface area contributed by atoms with Crippen molar-refractivity contribution in [3.8, 4) is 11.4 Å². The van der Waals surface area contributed by atoms with Crippen molar-refractivity contribution in [3.63, 3.8) is 0 Å². The molecule has 0 aliphatic heterocycles. The second-order valence-corrected chi connectivity index (χ2v) is 5.70. The van der Waals surface area contributed by atoms with E-state index >= 15 is 0 Å². The quantitative estimate of drug-likeness (QED) is 0.767. The van der Waals surface area contributed by atoms with Gasteiger partial charge in [0.2, 0.25) is 0 Å². The molecule has 0 amide bonds. The molecule has 0 aliphatic carbocycles. The highest BCUT2D eigenvalue weighted by Crippen LogP contribution is 2.18. The van der Waals surface area contributed by atoms with Crippen molar-refractivity contribution in [3.05, 3.63) is 68.3 Å². The van der Waals surface area contributed by atoms with Crippen LogP contribution < -0.4 is 16.0 Å². The van der Waals surface area contributed by atoms with Gasteiger partial charge in [-0.3, -0.25) is 14.2 Å². The number of aliphatic carboxylic acids is 1. The molecule has 0 unspecified atom stereocenters. The lowest BCUT2D eigenvalue weighted by atomic mass is 10.2. The number of nitrogens with zero attached hydrogens (tertiary/aromatic N) is 2. The second-order valence-electron chi connectivity index (χ2n) is 5.27. The molecule has 0 fully saturated rings. The molecule has 0 saturated heterocycles. The maximum absolute atomic E-state index is 12.8. The van der Waals surface area contributed by atoms with Crippen LogP contribution in [0.4, 0.5) is 0 Å². The maximum Gasteiger partial charge on any atom is 0.336 e. The Balaban J connectivity index is 2.44. The molecule has 0 saturated carbocycles. The standard InChI is InChI=1S/C17H13ClN2O5/c1-25-12-4-2-3-11(8-12)20-16(23)13-6-5-10(18)7-14(13)19(17(20)24)9-15(21)22/h2-8H,9H2,1H3,(H,21,22). The minimum Gasteiger partial charge on any atom is -0.497 e. The number of methoxy groups -OCH3 is 1. The highest BCUT2D eigenvalue weighted by molar-refractivity contribution is 6.31. The van der Waals surface area contributed by atoms with Gasteiger partial charge in [0.1, 0.15) is 12.3 Å². The summed E-state index contributed by atoms with van der Waals surface area (Å²) in [5, 5.41) is 9.62. The number of carboxylic acid groups (broad SMARTS) is 1. The summed E-state index contributed by atoms with van der Waals surface area (Å²) in [6, 6.07) is 10.8. The third-order valence-electron chi connectivity index (χ3n) is 3.71. The number of benzene rings is 2. The van der Waals surface area contributed by atoms with Crippen LogP contribution in [-0.2, 0) is 11.3 Å². The lowest BCUT2D eigenvalue weighted by Crippen LogP contribution is -2.40. The summed E-state index contributed by atoms with van der Waals surface area (Å²) in [5.74, 6) is -0.746. The van der Waals surface area contributed by atoms with E-state index in [1.54, 1.807) is 18.2 Å². The van der Waals surface area contributed by atoms with Gasteiger partial charge in [-0.05, 0) is 30.3 Å². The average molecular weight is 361 g/mol. The molecular weight excluding hydrogens is 348 g/mol. The van der Waals surface area contributed by atoms with Crippen LogP contribution in [0.3, 0.4) is 0 Å². The second kappa shape index (κ2) is 6.45. The van der Waals surface area contributed by atoms with E-state index in [-0.39, 0.29) is 16.6 Å². The summed E-state index contributed by atoms with van der Waals surface area (Å²) < 4.78 is 7.04. The van der Waals surface area contributed by atoms with Gasteiger partial charge in [0.25, 0.3) is 5.56 Å². The zero-order chi connectivity index (χ0) is 18.1. The Morgan fingerprint density at radius 2 is 1.96 bits per heavy atom. The SMILES string of the molecule is COc1cccc(-n2c(=O)c3ccc(Cl)cc3n(CC(=O)O)c2=O)c1. The first-order valence-electron chi connectivity index (χ1n) is 7.23. The van der Waals surface area contributed by atoms with Gasteiger partial charge in [-0.2, -0.15) is 0 Å². The van der Waals surface area contributed by atoms with E-state index in [4.69, 9.17) is 21.4 Å². The van der Waals surface area contributed by atoms with Crippen molar-refractivity contribution in [1.29, 1.82) is 0 Å². The van der Waals surface area contributed by atoms with E-state index in [9.17, 15) is 14.4 Å². The molecule has 128 valence electrons. The van der Waals surface area contributed by atoms with Gasteiger partial charge < -0.3 is 9.84 Å². The highest BCUT2D eigenvalue weighted by atomic mass is 35.5. The molecular formula is C17H13ClN2O5. The minimum absolute atomic E-state index is 0.170. The zero-order valence-corrected chi connectivity index (χ0v) is 13.9. The first-order valence-corrected chi connectivity index (χ1v) is 7.61. The number of carboxylic acids is 1. The molecule has 3 rings (SSSR count). The van der Waals surface area contributed by atoms with Gasteiger partial charge in [-0.25, -0.2) is 9.36 Å². The van der Waals surface area contributed by atoms with Gasteiger partial charge in [-0.15, -0.1) is 0 Å². The Morgan fingerprint density at radius 3 is 2.64 bits per heavy atom. The summed E-state index contributed by atoms with van der Waals surface area (Å²) in [7, 11) is 1.47. The summed E-state index contributed by atoms with van der Waals surface area (Å²) >= 11 is 5.94. The lowest BCUT2D eigenvalue weighted by Gasteiger charge is -2.13. The van der Waals surface area contributed by atoms with Crippen molar-refractivity contribution in [2.24, 2.45) is 0 Å². The van der Waals surface area contributed by atoms with Crippen molar-refractivity contribution in [2.45, 2.75) is 6.54 Å². The van der Waals surface area contributed by atoms with Crippen molar-refractivity contribution < 1.29 is 14.6 Å². The van der Waals surface area contributed by atoms with E-state index in [0.717, 1.165) is 9.13 Å². The number of fused-ring (bicyclic) bond motifs is 1. The fourth-order valence-electron chi connectivity index (χ4n) is 2.61. The fourth-order valence-corrected chi connectivity index (χ4v) is 2.77. The van der Waals surface area contributed by atoms with Crippen molar-refractivity contribution >= 4 is 28.5 Å². The number of halogens is 1. The van der Waals surface area contributed by atoms with Gasteiger partial charge in [0.15, 0.2) is 0 Å². The summed E-state index contributed by atoms with van der Waals surface area (Å²) in [6.45, 7) is -0.597. The molecule has 1 aromatic heterocycles. The molecule has 2 aromatic carbocycles. The molecule has 25 heavy (non-hydrogen) atoms. The molecule has 0 bridgehead atoms. The first kappa shape index (κ1) is 16.8. The number of aromatic nitrogens is 2. The van der Waals surface area contributed by atoms with E-state index in [1.807, 2.05) is 0 Å². The topological polar surface area (TPSA) is 90.5 Å². The van der Waals surface area contributed by atoms with Gasteiger partial charge >= 0.3 is 11.7 Å². The van der Waals surface area contributed by atoms with Gasteiger partial charge in [-0.1, -0.05) is 17.7 Å². The molecule has 0 radical (unpaired) electrons. The average Bonchev–Trinajstić information content (AvgIpc) is 2.58. The maximum atomic E-state index is 12.8. The lowest BCUT2D eigenvalue weighted by molar-refractivity contribution is -0.137. The normalized spacial score (nSPS) is 10.8. The highest BCUT2D eigenvalue weighted by Gasteiger charge is 2.17. The van der Waals surface area contributed by atoms with Crippen LogP contribution in [0, 0.1) is 0 Å². The van der Waals surface area contributed by atoms with Crippen LogP contribution in [0.25, 0.3) is 16.6 Å².